The molecule has 4 nitrogen and oxygen atoms in total. The van der Waals surface area contributed by atoms with Crippen LogP contribution in [-0.2, 0) is 22.0 Å². The molecule has 0 bridgehead atoms. The maximum Gasteiger partial charge on any atom is 0.138 e. The Labute approximate surface area is 232 Å². The summed E-state index contributed by atoms with van der Waals surface area (Å²) in [7, 11) is -1.86. The quantitative estimate of drug-likeness (QED) is 0.379. The van der Waals surface area contributed by atoms with E-state index in [4.69, 9.17) is 0 Å². The molecule has 2 aliphatic carbocycles. The lowest BCUT2D eigenvalue weighted by Gasteiger charge is -2.37. The van der Waals surface area contributed by atoms with Gasteiger partial charge in [-0.05, 0) is 101 Å². The van der Waals surface area contributed by atoms with Gasteiger partial charge in [0.15, 0.2) is 0 Å². The van der Waals surface area contributed by atoms with Crippen LogP contribution in [0, 0.1) is 24.7 Å². The molecule has 4 atom stereocenters. The fraction of sp³-hybridized carbons (Fsp3) is 0.714. The summed E-state index contributed by atoms with van der Waals surface area (Å²) in [6.07, 6.45) is 10.6. The van der Waals surface area contributed by atoms with Crippen molar-refractivity contribution in [3.8, 4) is 0 Å². The minimum Gasteiger partial charge on any atom is -0.236 e. The van der Waals surface area contributed by atoms with E-state index in [1.807, 2.05) is 26.0 Å². The van der Waals surface area contributed by atoms with Crippen molar-refractivity contribution in [3.63, 3.8) is 0 Å². The van der Waals surface area contributed by atoms with E-state index in [2.05, 4.69) is 48.4 Å². The lowest BCUT2D eigenvalue weighted by atomic mass is 9.68. The van der Waals surface area contributed by atoms with Gasteiger partial charge in [-0.1, -0.05) is 26.7 Å². The molecule has 4 fully saturated rings. The third kappa shape index (κ3) is 5.94. The predicted molar refractivity (Wildman–Crippen MR) is 156 cm³/mol. The van der Waals surface area contributed by atoms with E-state index in [9.17, 15) is 8.42 Å². The van der Waals surface area contributed by atoms with Gasteiger partial charge < -0.3 is 0 Å². The predicted octanol–water partition coefficient (Wildman–Crippen LogP) is 7.71. The van der Waals surface area contributed by atoms with E-state index in [0.717, 1.165) is 21.5 Å². The second kappa shape index (κ2) is 11.8. The molecule has 2 saturated heterocycles. The zero-order chi connectivity index (χ0) is 26.1. The Hall–Kier alpha value is -0.380. The zero-order valence-electron chi connectivity index (χ0n) is 22.9. The van der Waals surface area contributed by atoms with Crippen LogP contribution >= 0.6 is 22.7 Å². The van der Waals surface area contributed by atoms with Gasteiger partial charge in [-0.15, -0.1) is 22.7 Å². The van der Waals surface area contributed by atoms with Gasteiger partial charge in [-0.25, -0.2) is 17.0 Å². The lowest BCUT2D eigenvalue weighted by Crippen LogP contribution is -2.34. The summed E-state index contributed by atoms with van der Waals surface area (Å²) in [5.74, 6) is 0. The molecular formula is C28H44N2O2S4. The molecule has 0 radical (unpaired) electrons. The first-order valence-corrected chi connectivity index (χ1v) is 17.5. The summed E-state index contributed by atoms with van der Waals surface area (Å²) in [5.41, 5.74) is 1.03. The Balaban J connectivity index is 0.000000158. The molecule has 36 heavy (non-hydrogen) atoms. The fourth-order valence-corrected chi connectivity index (χ4v) is 11.9. The smallest absolute Gasteiger partial charge is 0.138 e. The van der Waals surface area contributed by atoms with Gasteiger partial charge >= 0.3 is 0 Å². The van der Waals surface area contributed by atoms with Crippen LogP contribution in [0.1, 0.15) is 88.8 Å². The minimum atomic E-state index is -0.930. The highest BCUT2D eigenvalue weighted by atomic mass is 32.2. The highest BCUT2D eigenvalue weighted by Gasteiger charge is 2.49. The van der Waals surface area contributed by atoms with Gasteiger partial charge in [0.25, 0.3) is 0 Å². The molecule has 2 spiro atoms. The maximum absolute atomic E-state index is 12.5. The van der Waals surface area contributed by atoms with E-state index in [0.29, 0.717) is 22.9 Å². The SMILES string of the molecule is CC.Cc1ccc(S(=O)N2CC3(CCC3)CC2C)s1.Cc1ccc(S(=O)N2CC3(CCC3)CC2C)s1. The third-order valence-corrected chi connectivity index (χ3v) is 14.2. The summed E-state index contributed by atoms with van der Waals surface area (Å²) in [6.45, 7) is 14.7. The fourth-order valence-electron chi connectivity index (χ4n) is 6.32. The van der Waals surface area contributed by atoms with Crippen molar-refractivity contribution < 1.29 is 8.42 Å². The van der Waals surface area contributed by atoms with Gasteiger partial charge in [-0.2, -0.15) is 0 Å². The van der Waals surface area contributed by atoms with Crippen LogP contribution in [0.5, 0.6) is 0 Å². The summed E-state index contributed by atoms with van der Waals surface area (Å²) < 4.78 is 31.6. The van der Waals surface area contributed by atoms with Crippen LogP contribution < -0.4 is 0 Å². The van der Waals surface area contributed by atoms with Crippen LogP contribution in [0.2, 0.25) is 0 Å². The summed E-state index contributed by atoms with van der Waals surface area (Å²) in [6, 6.07) is 9.12. The van der Waals surface area contributed by atoms with E-state index >= 15 is 0 Å². The Bertz CT molecular complexity index is 985. The first-order chi connectivity index (χ1) is 17.2. The Morgan fingerprint density at radius 3 is 1.31 bits per heavy atom. The van der Waals surface area contributed by atoms with Crippen LogP contribution in [0.15, 0.2) is 32.7 Å². The number of thiophene rings is 2. The van der Waals surface area contributed by atoms with Crippen LogP contribution in [-0.4, -0.2) is 42.2 Å². The molecule has 4 heterocycles. The van der Waals surface area contributed by atoms with Crippen molar-refractivity contribution in [1.29, 1.82) is 0 Å². The highest BCUT2D eigenvalue weighted by molar-refractivity contribution is 7.85. The molecule has 0 N–H and O–H groups in total. The standard InChI is InChI=1S/2C13H19NOS2.C2H6/c2*1-10-8-13(6-3-7-13)9-14(10)17(15)12-5-4-11(2)16-12;1-2/h2*4-5,10H,3,6-9H2,1-2H3;1-2H3. The first kappa shape index (κ1) is 28.6. The number of hydrogen-bond donors (Lipinski definition) is 0. The van der Waals surface area contributed by atoms with Gasteiger partial charge in [0, 0.05) is 34.9 Å². The Kier molecular flexibility index (Phi) is 9.37. The molecule has 0 amide bonds. The van der Waals surface area contributed by atoms with Crippen LogP contribution in [0.25, 0.3) is 0 Å². The van der Waals surface area contributed by atoms with Crippen molar-refractivity contribution in [2.75, 3.05) is 13.1 Å². The number of aryl methyl sites for hydroxylation is 2. The average molecular weight is 569 g/mol. The number of nitrogens with zero attached hydrogens (tertiary/aromatic N) is 2. The lowest BCUT2D eigenvalue weighted by molar-refractivity contribution is 0.153. The number of rotatable bonds is 4. The average Bonchev–Trinajstić information content (AvgIpc) is 3.59. The van der Waals surface area contributed by atoms with Crippen LogP contribution in [0.3, 0.4) is 0 Å². The summed E-state index contributed by atoms with van der Waals surface area (Å²) in [5, 5.41) is 0. The molecule has 4 aliphatic rings. The topological polar surface area (TPSA) is 40.6 Å². The van der Waals surface area contributed by atoms with E-state index in [1.54, 1.807) is 22.7 Å². The van der Waals surface area contributed by atoms with Gasteiger partial charge in [-0.3, -0.25) is 0 Å². The molecule has 2 saturated carbocycles. The van der Waals surface area contributed by atoms with Gasteiger partial charge in [0.05, 0.1) is 0 Å². The molecule has 202 valence electrons. The Morgan fingerprint density at radius 1 is 0.722 bits per heavy atom. The van der Waals surface area contributed by atoms with Crippen molar-refractivity contribution in [2.24, 2.45) is 10.8 Å². The molecule has 4 unspecified atom stereocenters. The molecule has 2 aromatic heterocycles. The second-order valence-electron chi connectivity index (χ2n) is 11.2. The third-order valence-electron chi connectivity index (χ3n) is 8.45. The monoisotopic (exact) mass is 568 g/mol. The molecule has 0 aromatic carbocycles. The minimum absolute atomic E-state index is 0.471. The van der Waals surface area contributed by atoms with E-state index in [-0.39, 0.29) is 0 Å². The van der Waals surface area contributed by atoms with Gasteiger partial charge in [0.1, 0.15) is 30.4 Å². The van der Waals surface area contributed by atoms with Crippen LogP contribution in [0.4, 0.5) is 0 Å². The molecular weight excluding hydrogens is 525 g/mol. The van der Waals surface area contributed by atoms with E-state index in [1.165, 1.54) is 61.1 Å². The summed E-state index contributed by atoms with van der Waals surface area (Å²) in [4.78, 5) is 2.50. The maximum atomic E-state index is 12.5. The van der Waals surface area contributed by atoms with Crippen molar-refractivity contribution in [3.05, 3.63) is 34.0 Å². The van der Waals surface area contributed by atoms with Crippen molar-refractivity contribution >= 4 is 44.6 Å². The van der Waals surface area contributed by atoms with Gasteiger partial charge in [0.2, 0.25) is 0 Å². The summed E-state index contributed by atoms with van der Waals surface area (Å²) >= 11 is 3.34. The zero-order valence-corrected chi connectivity index (χ0v) is 26.1. The normalized spacial score (nSPS) is 27.9. The highest BCUT2D eigenvalue weighted by Crippen LogP contribution is 2.52. The largest absolute Gasteiger partial charge is 0.236 e. The van der Waals surface area contributed by atoms with E-state index < -0.39 is 22.0 Å². The first-order valence-electron chi connectivity index (χ1n) is 13.7. The Morgan fingerprint density at radius 2 is 1.08 bits per heavy atom. The second-order valence-corrected chi connectivity index (χ2v) is 17.1. The molecule has 2 aromatic rings. The number of hydrogen-bond acceptors (Lipinski definition) is 4. The molecule has 8 heteroatoms. The molecule has 6 rings (SSSR count). The van der Waals surface area contributed by atoms with Crippen molar-refractivity contribution in [1.82, 2.24) is 8.61 Å². The molecule has 2 aliphatic heterocycles. The van der Waals surface area contributed by atoms with Crippen molar-refractivity contribution in [2.45, 2.75) is 113 Å².